The first kappa shape index (κ1) is 13.6. The maximum Gasteiger partial charge on any atom is 0.323 e. The lowest BCUT2D eigenvalue weighted by Crippen LogP contribution is -2.31. The molecule has 0 saturated heterocycles. The number of hydrogen-bond donors (Lipinski definition) is 1. The van der Waals surface area contributed by atoms with Gasteiger partial charge in [-0.1, -0.05) is 6.08 Å². The van der Waals surface area contributed by atoms with Crippen LogP contribution in [0.5, 0.6) is 0 Å². The third kappa shape index (κ3) is 3.27. The van der Waals surface area contributed by atoms with E-state index in [1.807, 2.05) is 0 Å². The molecular weight excluding hydrogens is 238 g/mol. The molecule has 1 heterocycles. The van der Waals surface area contributed by atoms with E-state index in [0.717, 1.165) is 0 Å². The van der Waals surface area contributed by atoms with Crippen molar-refractivity contribution >= 4 is 17.5 Å². The van der Waals surface area contributed by atoms with Crippen molar-refractivity contribution in [1.82, 2.24) is 4.98 Å². The van der Waals surface area contributed by atoms with Crippen molar-refractivity contribution in [2.45, 2.75) is 6.92 Å². The summed E-state index contributed by atoms with van der Waals surface area (Å²) in [5, 5.41) is 19.7. The van der Waals surface area contributed by atoms with Crippen LogP contribution in [0.1, 0.15) is 5.69 Å². The number of nitro groups is 1. The third-order valence-corrected chi connectivity index (χ3v) is 2.17. The van der Waals surface area contributed by atoms with Crippen LogP contribution in [0.3, 0.4) is 0 Å². The molecule has 1 aromatic rings. The largest absolute Gasteiger partial charge is 0.480 e. The van der Waals surface area contributed by atoms with Gasteiger partial charge in [-0.15, -0.1) is 6.58 Å². The van der Waals surface area contributed by atoms with Crippen molar-refractivity contribution in [3.8, 4) is 0 Å². The van der Waals surface area contributed by atoms with Crippen molar-refractivity contribution in [3.63, 3.8) is 0 Å². The molecule has 0 saturated carbocycles. The van der Waals surface area contributed by atoms with E-state index in [1.54, 1.807) is 6.92 Å². The summed E-state index contributed by atoms with van der Waals surface area (Å²) in [5.74, 6) is -1.04. The molecule has 1 rings (SSSR count). The Hall–Kier alpha value is -2.44. The Bertz CT molecular complexity index is 487. The minimum Gasteiger partial charge on any atom is -0.480 e. The van der Waals surface area contributed by atoms with Crippen LogP contribution in [0, 0.1) is 17.0 Å². The Labute approximate surface area is 104 Å². The van der Waals surface area contributed by atoms with Crippen molar-refractivity contribution < 1.29 is 14.8 Å². The summed E-state index contributed by atoms with van der Waals surface area (Å²) in [7, 11) is 0. The monoisotopic (exact) mass is 251 g/mol. The predicted molar refractivity (Wildman–Crippen MR) is 65.7 cm³/mol. The molecule has 0 fully saturated rings. The summed E-state index contributed by atoms with van der Waals surface area (Å²) in [5.41, 5.74) is 0.360. The summed E-state index contributed by atoms with van der Waals surface area (Å²) in [6, 6.07) is 2.82. The molecule has 96 valence electrons. The molecule has 0 aliphatic carbocycles. The molecular formula is C11H13N3O4. The highest BCUT2D eigenvalue weighted by Crippen LogP contribution is 2.25. The molecule has 0 aliphatic heterocycles. The van der Waals surface area contributed by atoms with Crippen LogP contribution in [0.25, 0.3) is 0 Å². The van der Waals surface area contributed by atoms with Gasteiger partial charge in [0.1, 0.15) is 6.54 Å². The second kappa shape index (κ2) is 5.76. The lowest BCUT2D eigenvalue weighted by atomic mass is 10.3. The SMILES string of the molecule is C=CCN(CC(=O)O)c1nc(C)ccc1[N+](=O)[O-]. The fourth-order valence-corrected chi connectivity index (χ4v) is 1.46. The van der Waals surface area contributed by atoms with Crippen molar-refractivity contribution in [2.24, 2.45) is 0 Å². The molecule has 18 heavy (non-hydrogen) atoms. The Morgan fingerprint density at radius 1 is 1.67 bits per heavy atom. The summed E-state index contributed by atoms with van der Waals surface area (Å²) in [4.78, 5) is 26.4. The van der Waals surface area contributed by atoms with Gasteiger partial charge < -0.3 is 10.0 Å². The molecule has 0 spiro atoms. The van der Waals surface area contributed by atoms with E-state index in [2.05, 4.69) is 11.6 Å². The number of carbonyl (C=O) groups is 1. The van der Waals surface area contributed by atoms with Crippen LogP contribution in [-0.2, 0) is 4.79 Å². The average molecular weight is 251 g/mol. The van der Waals surface area contributed by atoms with Crippen LogP contribution in [0.15, 0.2) is 24.8 Å². The van der Waals surface area contributed by atoms with Crippen LogP contribution < -0.4 is 4.90 Å². The molecule has 7 heteroatoms. The van der Waals surface area contributed by atoms with Gasteiger partial charge in [-0.05, 0) is 13.0 Å². The smallest absolute Gasteiger partial charge is 0.323 e. The second-order valence-electron chi connectivity index (χ2n) is 3.62. The zero-order valence-corrected chi connectivity index (χ0v) is 9.87. The van der Waals surface area contributed by atoms with Crippen molar-refractivity contribution in [1.29, 1.82) is 0 Å². The molecule has 0 unspecified atom stereocenters. The highest BCUT2D eigenvalue weighted by Gasteiger charge is 2.22. The second-order valence-corrected chi connectivity index (χ2v) is 3.62. The standard InChI is InChI=1S/C11H13N3O4/c1-3-6-13(7-10(15)16)11-9(14(17)18)5-4-8(2)12-11/h3-5H,1,6-7H2,2H3,(H,15,16). The number of carboxylic acids is 1. The van der Waals surface area contributed by atoms with Gasteiger partial charge >= 0.3 is 11.7 Å². The molecule has 0 aliphatic rings. The third-order valence-electron chi connectivity index (χ3n) is 2.17. The van der Waals surface area contributed by atoms with Crippen molar-refractivity contribution in [2.75, 3.05) is 18.0 Å². The maximum atomic E-state index is 10.9. The van der Waals surface area contributed by atoms with Gasteiger partial charge in [0.2, 0.25) is 5.82 Å². The van der Waals surface area contributed by atoms with Gasteiger partial charge in [0.05, 0.1) is 4.92 Å². The highest BCUT2D eigenvalue weighted by molar-refractivity contribution is 5.75. The molecule has 0 atom stereocenters. The van der Waals surface area contributed by atoms with Crippen LogP contribution in [0.2, 0.25) is 0 Å². The topological polar surface area (TPSA) is 96.6 Å². The van der Waals surface area contributed by atoms with E-state index < -0.39 is 10.9 Å². The zero-order valence-electron chi connectivity index (χ0n) is 9.87. The minimum atomic E-state index is -1.09. The molecule has 0 radical (unpaired) electrons. The number of aliphatic carboxylic acids is 1. The summed E-state index contributed by atoms with van der Waals surface area (Å²) in [6.07, 6.45) is 1.47. The number of anilines is 1. The summed E-state index contributed by atoms with van der Waals surface area (Å²) < 4.78 is 0. The number of aryl methyl sites for hydroxylation is 1. The highest BCUT2D eigenvalue weighted by atomic mass is 16.6. The molecule has 0 bridgehead atoms. The number of aromatic nitrogens is 1. The van der Waals surface area contributed by atoms with Gasteiger partial charge in [0.15, 0.2) is 0 Å². The first-order valence-electron chi connectivity index (χ1n) is 5.15. The zero-order chi connectivity index (χ0) is 13.7. The van der Waals surface area contributed by atoms with E-state index >= 15 is 0 Å². The Morgan fingerprint density at radius 3 is 2.83 bits per heavy atom. The van der Waals surface area contributed by atoms with Crippen molar-refractivity contribution in [3.05, 3.63) is 40.6 Å². The first-order valence-corrected chi connectivity index (χ1v) is 5.15. The fraction of sp³-hybridized carbons (Fsp3) is 0.273. The minimum absolute atomic E-state index is 0.0438. The average Bonchev–Trinajstić information content (AvgIpc) is 2.27. The lowest BCUT2D eigenvalue weighted by molar-refractivity contribution is -0.384. The molecule has 1 aromatic heterocycles. The van der Waals surface area contributed by atoms with E-state index in [0.29, 0.717) is 5.69 Å². The fourth-order valence-electron chi connectivity index (χ4n) is 1.46. The number of carboxylic acid groups (broad SMARTS) is 1. The quantitative estimate of drug-likeness (QED) is 0.466. The van der Waals surface area contributed by atoms with Gasteiger partial charge in [0.25, 0.3) is 0 Å². The Morgan fingerprint density at radius 2 is 2.33 bits per heavy atom. The summed E-state index contributed by atoms with van der Waals surface area (Å²) in [6.45, 7) is 4.98. The predicted octanol–water partition coefficient (Wildman–Crippen LogP) is 1.38. The number of pyridine rings is 1. The van der Waals surface area contributed by atoms with Gasteiger partial charge in [-0.3, -0.25) is 14.9 Å². The van der Waals surface area contributed by atoms with E-state index in [1.165, 1.54) is 23.1 Å². The molecule has 7 nitrogen and oxygen atoms in total. The first-order chi connectivity index (χ1) is 8.45. The number of rotatable bonds is 6. The number of hydrogen-bond acceptors (Lipinski definition) is 5. The van der Waals surface area contributed by atoms with E-state index in [-0.39, 0.29) is 24.6 Å². The molecule has 0 amide bonds. The van der Waals surface area contributed by atoms with Crippen LogP contribution in [-0.4, -0.2) is 34.1 Å². The molecule has 0 aromatic carbocycles. The normalized spacial score (nSPS) is 9.83. The van der Waals surface area contributed by atoms with E-state index in [9.17, 15) is 14.9 Å². The van der Waals surface area contributed by atoms with Gasteiger partial charge in [-0.2, -0.15) is 0 Å². The van der Waals surface area contributed by atoms with E-state index in [4.69, 9.17) is 5.11 Å². The Balaban J connectivity index is 3.23. The summed E-state index contributed by atoms with van der Waals surface area (Å²) >= 11 is 0. The number of nitrogens with zero attached hydrogens (tertiary/aromatic N) is 3. The van der Waals surface area contributed by atoms with Crippen LogP contribution >= 0.6 is 0 Å². The van der Waals surface area contributed by atoms with Crippen LogP contribution in [0.4, 0.5) is 11.5 Å². The van der Waals surface area contributed by atoms with Gasteiger partial charge in [-0.25, -0.2) is 4.98 Å². The molecule has 1 N–H and O–H groups in total. The van der Waals surface area contributed by atoms with Gasteiger partial charge in [0, 0.05) is 18.3 Å². The lowest BCUT2D eigenvalue weighted by Gasteiger charge is -2.19. The Kier molecular flexibility index (Phi) is 4.36. The maximum absolute atomic E-state index is 10.9.